The summed E-state index contributed by atoms with van der Waals surface area (Å²) in [5.74, 6) is 1.11. The summed E-state index contributed by atoms with van der Waals surface area (Å²) in [6.45, 7) is 23.2. The summed E-state index contributed by atoms with van der Waals surface area (Å²) < 4.78 is 134. The number of rotatable bonds is 29. The number of aryl methyl sites for hydroxylation is 1. The predicted octanol–water partition coefficient (Wildman–Crippen LogP) is 14.1. The number of ether oxygens (including phenoxy) is 1. The lowest BCUT2D eigenvalue weighted by molar-refractivity contribution is -0.0000362. The Hall–Kier alpha value is -8.78. The molecule has 0 bridgehead atoms. The number of halogens is 4. The fraction of sp³-hybridized carbons (Fsp3) is 0.326. The van der Waals surface area contributed by atoms with Gasteiger partial charge in [-0.3, -0.25) is 14.3 Å². The molecule has 26 heteroatoms. The van der Waals surface area contributed by atoms with Crippen molar-refractivity contribution in [2.24, 2.45) is 4.74 Å². The average Bonchev–Trinajstić information content (AvgIpc) is 0.834. The summed E-state index contributed by atoms with van der Waals surface area (Å²) in [6, 6.07) is 80.2. The molecule has 2 heterocycles. The number of H-pyrrole nitrogens is 2. The summed E-state index contributed by atoms with van der Waals surface area (Å²) in [6.07, 6.45) is 6.32. The largest absolute Gasteiger partial charge is 1.00 e. The topological polar surface area (TPSA) is 215 Å². The Bertz CT molecular complexity index is 5030. The van der Waals surface area contributed by atoms with E-state index >= 15 is 0 Å². The zero-order valence-electron chi connectivity index (χ0n) is 66.1. The monoisotopic (exact) mass is 1650 g/mol. The number of nitrogens with zero attached hydrogens (tertiary/aromatic N) is 3. The molecular formula is C86H107F4N5O11PS4Si-. The minimum Gasteiger partial charge on any atom is -1.00 e. The molecule has 11 rings (SSSR count). The van der Waals surface area contributed by atoms with Crippen molar-refractivity contribution < 1.29 is 64.7 Å². The van der Waals surface area contributed by atoms with Crippen molar-refractivity contribution >= 4 is 94.8 Å². The first-order chi connectivity index (χ1) is 52.1. The van der Waals surface area contributed by atoms with E-state index in [1.54, 1.807) is 24.1 Å². The summed E-state index contributed by atoms with van der Waals surface area (Å²) >= 11 is -0.750. The molecular weight excluding hydrogens is 1540 g/mol. The van der Waals surface area contributed by atoms with E-state index in [0.717, 1.165) is 55.6 Å². The minimum atomic E-state index is -4.51. The Morgan fingerprint density at radius 2 is 0.839 bits per heavy atom. The van der Waals surface area contributed by atoms with Crippen LogP contribution >= 0.6 is 7.05 Å². The number of hydrogen-bond acceptors (Lipinski definition) is 14. The quantitative estimate of drug-likeness (QED) is 0.0147. The average molecular weight is 1650 g/mol. The maximum Gasteiger partial charge on any atom is 0.335 e. The van der Waals surface area contributed by atoms with Crippen LogP contribution in [-0.2, 0) is 65.4 Å². The van der Waals surface area contributed by atoms with Crippen LogP contribution in [0.2, 0.25) is 18.1 Å². The van der Waals surface area contributed by atoms with Crippen molar-refractivity contribution in [1.29, 1.82) is 0 Å². The molecule has 0 amide bonds. The van der Waals surface area contributed by atoms with Gasteiger partial charge < -0.3 is 32.9 Å². The van der Waals surface area contributed by atoms with E-state index in [-0.39, 0.29) is 68.7 Å². The number of aromatic amines is 2. The fourth-order valence-corrected chi connectivity index (χ4v) is 18.8. The number of fused-ring (bicyclic) bond motifs is 2. The minimum absolute atomic E-state index is 0. The summed E-state index contributed by atoms with van der Waals surface area (Å²) in [7, 11) is -11.7. The Morgan fingerprint density at radius 1 is 0.491 bits per heavy atom. The predicted molar refractivity (Wildman–Crippen MR) is 456 cm³/mol. The van der Waals surface area contributed by atoms with Gasteiger partial charge in [-0.2, -0.15) is 25.3 Å². The lowest BCUT2D eigenvalue weighted by Crippen LogP contribution is -3.00. The molecule has 0 radical (unpaired) electrons. The maximum atomic E-state index is 12.9. The van der Waals surface area contributed by atoms with Gasteiger partial charge in [-0.15, -0.1) is 3.89 Å². The highest BCUT2D eigenvalue weighted by molar-refractivity contribution is 7.90. The van der Waals surface area contributed by atoms with Gasteiger partial charge in [-0.25, -0.2) is 12.8 Å². The Labute approximate surface area is 665 Å². The summed E-state index contributed by atoms with van der Waals surface area (Å²) in [5, 5.41) is 6.30. The number of sulfone groups is 1. The molecule has 11 aromatic rings. The van der Waals surface area contributed by atoms with Gasteiger partial charge >= 0.3 is 31.9 Å². The number of alkyl halides is 1. The third-order valence-corrected chi connectivity index (χ3v) is 30.9. The first-order valence-corrected chi connectivity index (χ1v) is 46.9. The molecule has 16 nitrogen and oxygen atoms in total. The van der Waals surface area contributed by atoms with Gasteiger partial charge in [0.05, 0.1) is 31.4 Å². The molecule has 0 saturated carbocycles. The molecule has 0 fully saturated rings. The van der Waals surface area contributed by atoms with Crippen LogP contribution in [0.15, 0.2) is 254 Å². The first kappa shape index (κ1) is 93.8. The van der Waals surface area contributed by atoms with Crippen molar-refractivity contribution in [1.82, 2.24) is 19.8 Å². The van der Waals surface area contributed by atoms with Crippen LogP contribution in [0.1, 0.15) is 87.4 Å². The number of benzene rings is 9. The summed E-state index contributed by atoms with van der Waals surface area (Å²) in [4.78, 5) is 9.88. The van der Waals surface area contributed by atoms with E-state index in [2.05, 4.69) is 218 Å². The summed E-state index contributed by atoms with van der Waals surface area (Å²) in [5.41, 5.74) is 9.97. The third kappa shape index (κ3) is 27.5. The van der Waals surface area contributed by atoms with E-state index in [1.165, 1.54) is 38.9 Å². The lowest BCUT2D eigenvalue weighted by Gasteiger charge is -2.36. The molecule has 0 spiro atoms. The normalized spacial score (nSPS) is 11.9. The van der Waals surface area contributed by atoms with Crippen molar-refractivity contribution in [3.63, 3.8) is 0 Å². The Morgan fingerprint density at radius 3 is 1.21 bits per heavy atom. The lowest BCUT2D eigenvalue weighted by atomic mass is 9.78. The van der Waals surface area contributed by atoms with Crippen molar-refractivity contribution in [3.05, 3.63) is 288 Å². The molecule has 0 aliphatic rings. The molecule has 604 valence electrons. The smallest absolute Gasteiger partial charge is 0.335 e. The molecule has 0 unspecified atom stereocenters. The molecule has 2 aromatic heterocycles. The van der Waals surface area contributed by atoms with Crippen LogP contribution in [0.4, 0.5) is 13.0 Å². The second-order valence-electron chi connectivity index (χ2n) is 29.5. The second-order valence-corrected chi connectivity index (χ2v) is 43.0. The van der Waals surface area contributed by atoms with Gasteiger partial charge in [-0.1, -0.05) is 242 Å². The zero-order chi connectivity index (χ0) is 80.4. The number of methoxy groups -OCH3 is 1. The third-order valence-electron chi connectivity index (χ3n) is 20.1. The number of aromatic nitrogens is 2. The SMILES string of the molecule is CN=P(c1ccccc1)(c1ccccc1)c1ccccc1.COc1ccc(C(C)(C)c2ccc(OS(=O)(=O)CCN(CCc3c[nH]c4ccccc34)CCS(C)(=O)=O)cc2)cc1.Cc1ccc(C(C)(C)c2ccc(O[Si](C)(C)C(C)(C)C)cc2)cc1.F.O=S(=O)(F)CCN(CCF)CCc1c[nH]c2ccccc12.O=S=O.[F-]. The second kappa shape index (κ2) is 42.9. The van der Waals surface area contributed by atoms with Gasteiger partial charge in [0.2, 0.25) is 8.32 Å². The highest BCUT2D eigenvalue weighted by Gasteiger charge is 2.39. The highest BCUT2D eigenvalue weighted by atomic mass is 32.3. The van der Waals surface area contributed by atoms with Crippen LogP contribution in [0.25, 0.3) is 21.8 Å². The van der Waals surface area contributed by atoms with Crippen LogP contribution in [0.3, 0.4) is 0 Å². The molecule has 0 aliphatic carbocycles. The van der Waals surface area contributed by atoms with Gasteiger partial charge in [0.1, 0.15) is 33.8 Å². The molecule has 2 N–H and O–H groups in total. The van der Waals surface area contributed by atoms with Crippen LogP contribution in [0.5, 0.6) is 17.2 Å². The van der Waals surface area contributed by atoms with Crippen LogP contribution in [0, 0.1) is 6.92 Å². The first-order valence-electron chi connectivity index (χ1n) is 36.4. The van der Waals surface area contributed by atoms with E-state index in [0.29, 0.717) is 25.9 Å². The van der Waals surface area contributed by atoms with Gasteiger partial charge in [0.25, 0.3) is 0 Å². The van der Waals surface area contributed by atoms with Crippen molar-refractivity contribution in [3.8, 4) is 17.2 Å². The van der Waals surface area contributed by atoms with Gasteiger partial charge in [-0.05, 0) is 120 Å². The van der Waals surface area contributed by atoms with E-state index < -0.39 is 69.5 Å². The Balaban J connectivity index is 0.000000274. The highest BCUT2D eigenvalue weighted by Crippen LogP contribution is 2.46. The molecule has 0 atom stereocenters. The van der Waals surface area contributed by atoms with Gasteiger partial charge in [0.15, 0.2) is 0 Å². The van der Waals surface area contributed by atoms with E-state index in [1.807, 2.05) is 109 Å². The van der Waals surface area contributed by atoms with Gasteiger partial charge in [0, 0.05) is 114 Å². The molecule has 112 heavy (non-hydrogen) atoms. The zero-order valence-corrected chi connectivity index (χ0v) is 71.3. The van der Waals surface area contributed by atoms with Crippen LogP contribution < -0.4 is 34.0 Å². The van der Waals surface area contributed by atoms with Crippen molar-refractivity contribution in [2.75, 3.05) is 83.6 Å². The molecule has 0 saturated heterocycles. The van der Waals surface area contributed by atoms with Crippen LogP contribution in [-0.4, -0.2) is 145 Å². The standard InChI is InChI=1S/C31H38N2O6S2.C22H32OSi.C19H18NP.C14H18F2N2O2S.2FH.O2S/c1-31(2,25-9-13-27(38-3)14-10-25)26-11-15-28(16-12-26)39-41(36,37)22-20-33(19-21-40(4,34)35)18-17-24-23-32-30-8-6-5-7-29(24)30;1-17-9-11-18(12-10-17)22(5,6)19-13-15-20(16-14-19)23-24(7,8)21(2,3)4;1-20-21(17-11-5-2-6-12-17,18-13-7-3-8-14-18)19-15-9-4-10-16-19;15-6-8-18(9-10-21(16,19)20)7-5-12-11-17-14-4-2-1-3-13(12)14;;;1-3-2/h5-16,23,32H,17-22H2,1-4H3;9-16H,1-8H3;2-16H,1H3;1-4,11,17H,5-10H2;2*1H;/p-1. The number of nitrogens with one attached hydrogen (secondary N) is 2. The Kier molecular flexibility index (Phi) is 35.9. The van der Waals surface area contributed by atoms with Crippen molar-refractivity contribution in [2.45, 2.75) is 97.2 Å². The number of para-hydroxylation sites is 2. The number of hydrogen-bond donors (Lipinski definition) is 2. The van der Waals surface area contributed by atoms with E-state index in [4.69, 9.17) is 26.5 Å². The van der Waals surface area contributed by atoms with E-state index in [9.17, 15) is 33.5 Å². The molecule has 9 aromatic carbocycles. The maximum absolute atomic E-state index is 12.9. The molecule has 0 aliphatic heterocycles. The fourth-order valence-electron chi connectivity index (χ4n) is 12.3.